The molecule has 0 spiro atoms. The van der Waals surface area contributed by atoms with E-state index in [-0.39, 0.29) is 16.3 Å². The standard InChI is InChI=1S/C17H12Cl2N2O4/c1-24-15-5-3-11(18)6-13(15)17(23)25-9-16(22)21-12-4-2-10(8-20)14(19)7-12/h2-7H,9H2,1H3,(H,21,22). The number of rotatable bonds is 5. The number of nitrogens with one attached hydrogen (secondary N) is 1. The fraction of sp³-hybridized carbons (Fsp3) is 0.118. The highest BCUT2D eigenvalue weighted by molar-refractivity contribution is 6.32. The molecular weight excluding hydrogens is 367 g/mol. The summed E-state index contributed by atoms with van der Waals surface area (Å²) in [6.07, 6.45) is 0. The van der Waals surface area contributed by atoms with Crippen LogP contribution in [0.4, 0.5) is 5.69 Å². The number of hydrogen-bond donors (Lipinski definition) is 1. The van der Waals surface area contributed by atoms with E-state index in [1.807, 2.05) is 6.07 Å². The molecule has 0 bridgehead atoms. The van der Waals surface area contributed by atoms with Crippen molar-refractivity contribution in [2.75, 3.05) is 19.0 Å². The minimum absolute atomic E-state index is 0.115. The van der Waals surface area contributed by atoms with Gasteiger partial charge in [0.1, 0.15) is 17.4 Å². The molecule has 2 aromatic carbocycles. The summed E-state index contributed by atoms with van der Waals surface area (Å²) >= 11 is 11.7. The third kappa shape index (κ3) is 4.86. The maximum Gasteiger partial charge on any atom is 0.342 e. The lowest BCUT2D eigenvalue weighted by atomic mass is 10.2. The normalized spacial score (nSPS) is 9.84. The van der Waals surface area contributed by atoms with Gasteiger partial charge in [0.25, 0.3) is 5.91 Å². The Kier molecular flexibility index (Phi) is 6.23. The van der Waals surface area contributed by atoms with Crippen molar-refractivity contribution in [3.63, 3.8) is 0 Å². The van der Waals surface area contributed by atoms with Crippen molar-refractivity contribution < 1.29 is 19.1 Å². The molecule has 0 saturated carbocycles. The molecule has 2 rings (SSSR count). The number of anilines is 1. The van der Waals surface area contributed by atoms with Gasteiger partial charge in [-0.25, -0.2) is 4.79 Å². The zero-order valence-electron chi connectivity index (χ0n) is 13.0. The van der Waals surface area contributed by atoms with Gasteiger partial charge in [-0.05, 0) is 36.4 Å². The van der Waals surface area contributed by atoms with Crippen molar-refractivity contribution >= 4 is 40.8 Å². The summed E-state index contributed by atoms with van der Waals surface area (Å²) in [6.45, 7) is -0.508. The third-order valence-corrected chi connectivity index (χ3v) is 3.64. The van der Waals surface area contributed by atoms with Gasteiger partial charge < -0.3 is 14.8 Å². The van der Waals surface area contributed by atoms with Crippen LogP contribution >= 0.6 is 23.2 Å². The molecule has 2 aromatic rings. The smallest absolute Gasteiger partial charge is 0.342 e. The summed E-state index contributed by atoms with van der Waals surface area (Å²) < 4.78 is 10.0. The predicted molar refractivity (Wildman–Crippen MR) is 93.1 cm³/mol. The van der Waals surface area contributed by atoms with Crippen molar-refractivity contribution in [1.29, 1.82) is 5.26 Å². The van der Waals surface area contributed by atoms with Gasteiger partial charge in [-0.3, -0.25) is 4.79 Å². The lowest BCUT2D eigenvalue weighted by Gasteiger charge is -2.10. The lowest BCUT2D eigenvalue weighted by molar-refractivity contribution is -0.119. The first-order chi connectivity index (χ1) is 11.9. The van der Waals surface area contributed by atoms with Crippen molar-refractivity contribution in [3.05, 3.63) is 57.6 Å². The highest BCUT2D eigenvalue weighted by Crippen LogP contribution is 2.23. The minimum Gasteiger partial charge on any atom is -0.496 e. The maximum absolute atomic E-state index is 12.1. The summed E-state index contributed by atoms with van der Waals surface area (Å²) in [7, 11) is 1.40. The van der Waals surface area contributed by atoms with Gasteiger partial charge in [0.15, 0.2) is 6.61 Å². The first-order valence-corrected chi connectivity index (χ1v) is 7.70. The molecule has 0 fully saturated rings. The Morgan fingerprint density at radius 1 is 1.20 bits per heavy atom. The Bertz CT molecular complexity index is 862. The molecule has 6 nitrogen and oxygen atoms in total. The Morgan fingerprint density at radius 3 is 2.60 bits per heavy atom. The number of hydrogen-bond acceptors (Lipinski definition) is 5. The van der Waals surface area contributed by atoms with Gasteiger partial charge in [0, 0.05) is 10.7 Å². The summed E-state index contributed by atoms with van der Waals surface area (Å²) in [5.41, 5.74) is 0.786. The quantitative estimate of drug-likeness (QED) is 0.801. The number of amides is 1. The molecule has 8 heteroatoms. The van der Waals surface area contributed by atoms with Gasteiger partial charge in [-0.2, -0.15) is 5.26 Å². The molecule has 0 aliphatic carbocycles. The van der Waals surface area contributed by atoms with Crippen LogP contribution in [0, 0.1) is 11.3 Å². The highest BCUT2D eigenvalue weighted by atomic mass is 35.5. The second kappa shape index (κ2) is 8.38. The topological polar surface area (TPSA) is 88.4 Å². The van der Waals surface area contributed by atoms with Crippen LogP contribution in [0.1, 0.15) is 15.9 Å². The van der Waals surface area contributed by atoms with Crippen LogP contribution in [0.25, 0.3) is 0 Å². The molecule has 0 atom stereocenters. The van der Waals surface area contributed by atoms with E-state index in [4.69, 9.17) is 37.9 Å². The first kappa shape index (κ1) is 18.6. The molecule has 0 radical (unpaired) electrons. The average molecular weight is 379 g/mol. The van der Waals surface area contributed by atoms with Crippen LogP contribution in [-0.4, -0.2) is 25.6 Å². The van der Waals surface area contributed by atoms with E-state index >= 15 is 0 Å². The second-order valence-corrected chi connectivity index (χ2v) is 5.62. The monoisotopic (exact) mass is 378 g/mol. The summed E-state index contributed by atoms with van der Waals surface area (Å²) in [6, 6.07) is 10.8. The van der Waals surface area contributed by atoms with Gasteiger partial charge in [0.05, 0.1) is 17.7 Å². The molecule has 128 valence electrons. The summed E-state index contributed by atoms with van der Waals surface area (Å²) in [5, 5.41) is 11.9. The molecular formula is C17H12Cl2N2O4. The number of methoxy groups -OCH3 is 1. The first-order valence-electron chi connectivity index (χ1n) is 6.94. The summed E-state index contributed by atoms with van der Waals surface area (Å²) in [5.74, 6) is -1.02. The fourth-order valence-corrected chi connectivity index (χ4v) is 2.32. The fourth-order valence-electron chi connectivity index (χ4n) is 1.93. The van der Waals surface area contributed by atoms with Crippen LogP contribution in [0.5, 0.6) is 5.75 Å². The van der Waals surface area contributed by atoms with E-state index in [1.54, 1.807) is 6.07 Å². The van der Waals surface area contributed by atoms with E-state index in [2.05, 4.69) is 5.32 Å². The number of nitriles is 1. The van der Waals surface area contributed by atoms with Crippen molar-refractivity contribution in [3.8, 4) is 11.8 Å². The van der Waals surface area contributed by atoms with Crippen molar-refractivity contribution in [2.24, 2.45) is 0 Å². The molecule has 0 unspecified atom stereocenters. The van der Waals surface area contributed by atoms with Crippen LogP contribution in [0.2, 0.25) is 10.0 Å². The highest BCUT2D eigenvalue weighted by Gasteiger charge is 2.16. The summed E-state index contributed by atoms with van der Waals surface area (Å²) in [4.78, 5) is 24.0. The molecule has 0 aromatic heterocycles. The van der Waals surface area contributed by atoms with Gasteiger partial charge >= 0.3 is 5.97 Å². The molecule has 1 amide bonds. The van der Waals surface area contributed by atoms with Crippen LogP contribution < -0.4 is 10.1 Å². The predicted octanol–water partition coefficient (Wildman–Crippen LogP) is 3.67. The van der Waals surface area contributed by atoms with Gasteiger partial charge in [0.2, 0.25) is 0 Å². The van der Waals surface area contributed by atoms with E-state index < -0.39 is 18.5 Å². The molecule has 0 saturated heterocycles. The van der Waals surface area contributed by atoms with E-state index in [0.717, 1.165) is 0 Å². The Labute approximate surface area is 153 Å². The second-order valence-electron chi connectivity index (χ2n) is 4.78. The Balaban J connectivity index is 1.98. The number of carbonyl (C=O) groups excluding carboxylic acids is 2. The Hall–Kier alpha value is -2.75. The minimum atomic E-state index is -0.743. The molecule has 0 aliphatic heterocycles. The van der Waals surface area contributed by atoms with Gasteiger partial charge in [-0.1, -0.05) is 23.2 Å². The zero-order valence-corrected chi connectivity index (χ0v) is 14.5. The van der Waals surface area contributed by atoms with Crippen molar-refractivity contribution in [1.82, 2.24) is 0 Å². The average Bonchev–Trinajstić information content (AvgIpc) is 2.59. The van der Waals surface area contributed by atoms with Gasteiger partial charge in [-0.15, -0.1) is 0 Å². The molecule has 25 heavy (non-hydrogen) atoms. The van der Waals surface area contributed by atoms with E-state index in [1.165, 1.54) is 37.4 Å². The third-order valence-electron chi connectivity index (χ3n) is 3.09. The van der Waals surface area contributed by atoms with Crippen LogP contribution in [-0.2, 0) is 9.53 Å². The van der Waals surface area contributed by atoms with Crippen LogP contribution in [0.3, 0.4) is 0 Å². The lowest BCUT2D eigenvalue weighted by Crippen LogP contribution is -2.21. The number of esters is 1. The Morgan fingerprint density at radius 2 is 1.96 bits per heavy atom. The number of benzene rings is 2. The van der Waals surface area contributed by atoms with E-state index in [0.29, 0.717) is 16.3 Å². The van der Waals surface area contributed by atoms with Crippen LogP contribution in [0.15, 0.2) is 36.4 Å². The molecule has 1 N–H and O–H groups in total. The van der Waals surface area contributed by atoms with E-state index in [9.17, 15) is 9.59 Å². The number of ether oxygens (including phenoxy) is 2. The zero-order chi connectivity index (χ0) is 18.4. The number of halogens is 2. The van der Waals surface area contributed by atoms with Crippen molar-refractivity contribution in [2.45, 2.75) is 0 Å². The number of carbonyl (C=O) groups is 2. The maximum atomic E-state index is 12.1. The number of nitrogens with zero attached hydrogens (tertiary/aromatic N) is 1. The molecule has 0 heterocycles. The SMILES string of the molecule is COc1ccc(Cl)cc1C(=O)OCC(=O)Nc1ccc(C#N)c(Cl)c1. The molecule has 0 aliphatic rings. The largest absolute Gasteiger partial charge is 0.496 e.